The number of nitrogens with zero attached hydrogens (tertiary/aromatic N) is 2. The minimum Gasteiger partial charge on any atom is -0.217 e. The monoisotopic (exact) mass is 409 g/mol. The number of hydrogen-bond donors (Lipinski definition) is 1. The van der Waals surface area contributed by atoms with Gasteiger partial charge in [0.25, 0.3) is 0 Å². The topological polar surface area (TPSA) is 72.0 Å². The third kappa shape index (κ3) is 3.03. The Balaban J connectivity index is 2.16. The predicted molar refractivity (Wildman–Crippen MR) is 85.2 cm³/mol. The first-order valence-corrected chi connectivity index (χ1v) is 9.10. The number of hydrogen-bond acceptors (Lipinski definition) is 4. The van der Waals surface area contributed by atoms with Crippen LogP contribution in [0.25, 0.3) is 10.9 Å². The lowest BCUT2D eigenvalue weighted by Crippen LogP contribution is -2.34. The van der Waals surface area contributed by atoms with Gasteiger partial charge >= 0.3 is 0 Å². The number of nitrogens with one attached hydrogen (secondary N) is 1. The van der Waals surface area contributed by atoms with Gasteiger partial charge in [0.2, 0.25) is 15.3 Å². The van der Waals surface area contributed by atoms with Crippen molar-refractivity contribution in [2.45, 2.75) is 30.2 Å². The Kier molecular flexibility index (Phi) is 3.69. The molecule has 3 rings (SSSR count). The van der Waals surface area contributed by atoms with Gasteiger partial charge in [-0.2, -0.15) is 0 Å². The van der Waals surface area contributed by atoms with E-state index in [9.17, 15) is 8.42 Å². The molecule has 0 atom stereocenters. The molecule has 0 amide bonds. The van der Waals surface area contributed by atoms with Crippen LogP contribution in [0.5, 0.6) is 0 Å². The fourth-order valence-electron chi connectivity index (χ4n) is 1.93. The van der Waals surface area contributed by atoms with E-state index in [-0.39, 0.29) is 20.9 Å². The van der Waals surface area contributed by atoms with Crippen molar-refractivity contribution in [1.29, 1.82) is 0 Å². The summed E-state index contributed by atoms with van der Waals surface area (Å²) >= 11 is 15.1. The van der Waals surface area contributed by atoms with Crippen LogP contribution < -0.4 is 4.72 Å². The van der Waals surface area contributed by atoms with Crippen LogP contribution in [0.4, 0.5) is 0 Å². The van der Waals surface area contributed by atoms with Crippen molar-refractivity contribution in [3.63, 3.8) is 0 Å². The van der Waals surface area contributed by atoms with E-state index in [1.165, 1.54) is 12.1 Å². The Morgan fingerprint density at radius 3 is 2.57 bits per heavy atom. The Labute approximate surface area is 140 Å². The smallest absolute Gasteiger partial charge is 0.217 e. The Bertz CT molecular complexity index is 853. The summed E-state index contributed by atoms with van der Waals surface area (Å²) in [4.78, 5) is 8.00. The molecule has 21 heavy (non-hydrogen) atoms. The van der Waals surface area contributed by atoms with E-state index in [4.69, 9.17) is 23.2 Å². The number of sulfonamides is 1. The summed E-state index contributed by atoms with van der Waals surface area (Å²) in [6.45, 7) is 1.87. The van der Waals surface area contributed by atoms with Gasteiger partial charge in [-0.3, -0.25) is 0 Å². The van der Waals surface area contributed by atoms with Gasteiger partial charge in [0.15, 0.2) is 0 Å². The van der Waals surface area contributed by atoms with E-state index in [0.717, 1.165) is 12.8 Å². The van der Waals surface area contributed by atoms with E-state index in [0.29, 0.717) is 15.4 Å². The second kappa shape index (κ2) is 5.03. The summed E-state index contributed by atoms with van der Waals surface area (Å²) in [6.07, 6.45) is 1.67. The molecule has 1 heterocycles. The van der Waals surface area contributed by atoms with Crippen LogP contribution in [0.2, 0.25) is 10.4 Å². The lowest BCUT2D eigenvalue weighted by molar-refractivity contribution is 0.558. The molecule has 0 radical (unpaired) electrons. The minimum absolute atomic E-state index is 0.00687. The first kappa shape index (κ1) is 15.4. The van der Waals surface area contributed by atoms with E-state index in [1.54, 1.807) is 0 Å². The third-order valence-corrected chi connectivity index (χ3v) is 6.02. The van der Waals surface area contributed by atoms with E-state index >= 15 is 0 Å². The standard InChI is InChI=1S/C12H10BrCl2N3O2S/c1-12(2-3-12)18-21(19,20)6-4-7-9(8(13)5-6)16-11(15)17-10(7)14/h4-5,18H,2-3H2,1H3. The molecule has 0 bridgehead atoms. The molecule has 0 saturated heterocycles. The zero-order valence-corrected chi connectivity index (χ0v) is 14.7. The van der Waals surface area contributed by atoms with Crippen LogP contribution in [0.3, 0.4) is 0 Å². The van der Waals surface area contributed by atoms with Crippen molar-refractivity contribution in [2.24, 2.45) is 0 Å². The van der Waals surface area contributed by atoms with Gasteiger partial charge in [-0.15, -0.1) is 0 Å². The van der Waals surface area contributed by atoms with Gasteiger partial charge in [-0.1, -0.05) is 11.6 Å². The van der Waals surface area contributed by atoms with Crippen molar-refractivity contribution in [3.05, 3.63) is 27.0 Å². The van der Waals surface area contributed by atoms with E-state index < -0.39 is 10.0 Å². The first-order chi connectivity index (χ1) is 9.70. The van der Waals surface area contributed by atoms with E-state index in [1.807, 2.05) is 6.92 Å². The third-order valence-electron chi connectivity index (χ3n) is 3.34. The average molecular weight is 411 g/mol. The molecular weight excluding hydrogens is 401 g/mol. The number of rotatable bonds is 3. The fraction of sp³-hybridized carbons (Fsp3) is 0.333. The van der Waals surface area contributed by atoms with Gasteiger partial charge in [0, 0.05) is 15.4 Å². The Morgan fingerprint density at radius 1 is 1.29 bits per heavy atom. The molecule has 1 fully saturated rings. The summed E-state index contributed by atoms with van der Waals surface area (Å²) in [7, 11) is -3.62. The van der Waals surface area contributed by atoms with Crippen LogP contribution >= 0.6 is 39.1 Å². The van der Waals surface area contributed by atoms with Crippen LogP contribution in [0, 0.1) is 0 Å². The summed E-state index contributed by atoms with van der Waals surface area (Å²) < 4.78 is 28.0. The molecular formula is C12H10BrCl2N3O2S. The number of halogens is 3. The van der Waals surface area contributed by atoms with Gasteiger partial charge in [-0.05, 0) is 59.4 Å². The largest absolute Gasteiger partial charge is 0.241 e. The lowest BCUT2D eigenvalue weighted by Gasteiger charge is -2.13. The highest BCUT2D eigenvalue weighted by Crippen LogP contribution is 2.37. The van der Waals surface area contributed by atoms with Gasteiger partial charge < -0.3 is 0 Å². The van der Waals surface area contributed by atoms with Gasteiger partial charge in [0.1, 0.15) is 5.15 Å². The maximum absolute atomic E-state index is 12.4. The van der Waals surface area contributed by atoms with Crippen LogP contribution in [-0.2, 0) is 10.0 Å². The summed E-state index contributed by atoms with van der Waals surface area (Å²) in [6, 6.07) is 2.93. The number of benzene rings is 1. The minimum atomic E-state index is -3.62. The molecule has 9 heteroatoms. The molecule has 112 valence electrons. The summed E-state index contributed by atoms with van der Waals surface area (Å²) in [5.74, 6) is 0. The maximum Gasteiger partial charge on any atom is 0.241 e. The van der Waals surface area contributed by atoms with Crippen molar-refractivity contribution in [1.82, 2.24) is 14.7 Å². The first-order valence-electron chi connectivity index (χ1n) is 6.06. The highest BCUT2D eigenvalue weighted by atomic mass is 79.9. The van der Waals surface area contributed by atoms with Crippen LogP contribution in [0.15, 0.2) is 21.5 Å². The van der Waals surface area contributed by atoms with Crippen molar-refractivity contribution < 1.29 is 8.42 Å². The molecule has 0 aliphatic heterocycles. The number of aromatic nitrogens is 2. The van der Waals surface area contributed by atoms with Crippen LogP contribution in [0.1, 0.15) is 19.8 Å². The molecule has 1 aliphatic rings. The average Bonchev–Trinajstić information content (AvgIpc) is 3.06. The van der Waals surface area contributed by atoms with Crippen molar-refractivity contribution >= 4 is 60.1 Å². The second-order valence-corrected chi connectivity index (χ2v) is 8.48. The van der Waals surface area contributed by atoms with E-state index in [2.05, 4.69) is 30.6 Å². The Hall–Kier alpha value is -0.470. The molecule has 0 spiro atoms. The quantitative estimate of drug-likeness (QED) is 0.620. The highest BCUT2D eigenvalue weighted by Gasteiger charge is 2.41. The van der Waals surface area contributed by atoms with Gasteiger partial charge in [0.05, 0.1) is 10.4 Å². The van der Waals surface area contributed by atoms with Crippen molar-refractivity contribution in [3.8, 4) is 0 Å². The summed E-state index contributed by atoms with van der Waals surface area (Å²) in [5, 5.41) is 0.546. The second-order valence-electron chi connectivity index (χ2n) is 5.25. The molecule has 1 saturated carbocycles. The summed E-state index contributed by atoms with van der Waals surface area (Å²) in [5.41, 5.74) is 0.122. The SMILES string of the molecule is CC1(NS(=O)(=O)c2cc(Br)c3nc(Cl)nc(Cl)c3c2)CC1. The zero-order chi connectivity index (χ0) is 15.4. The van der Waals surface area contributed by atoms with Crippen LogP contribution in [-0.4, -0.2) is 23.9 Å². The molecule has 1 aliphatic carbocycles. The maximum atomic E-state index is 12.4. The molecule has 0 unspecified atom stereocenters. The van der Waals surface area contributed by atoms with Crippen molar-refractivity contribution in [2.75, 3.05) is 0 Å². The zero-order valence-electron chi connectivity index (χ0n) is 10.8. The molecule has 1 N–H and O–H groups in total. The normalized spacial score (nSPS) is 17.1. The lowest BCUT2D eigenvalue weighted by atomic mass is 10.2. The fourth-order valence-corrected chi connectivity index (χ4v) is 4.59. The molecule has 2 aromatic rings. The highest BCUT2D eigenvalue weighted by molar-refractivity contribution is 9.10. The van der Waals surface area contributed by atoms with Gasteiger partial charge in [-0.25, -0.2) is 23.1 Å². The molecule has 1 aromatic heterocycles. The molecule has 5 nitrogen and oxygen atoms in total. The predicted octanol–water partition coefficient (Wildman–Crippen LogP) is 3.53. The Morgan fingerprint density at radius 2 is 1.95 bits per heavy atom. The molecule has 1 aromatic carbocycles. The number of fused-ring (bicyclic) bond motifs is 1.